The summed E-state index contributed by atoms with van der Waals surface area (Å²) in [7, 11) is 0. The summed E-state index contributed by atoms with van der Waals surface area (Å²) in [5, 5.41) is 0. The first kappa shape index (κ1) is 14.1. The molecule has 4 rings (SSSR count). The van der Waals surface area contributed by atoms with Gasteiger partial charge in [0.15, 0.2) is 0 Å². The normalized spacial score (nSPS) is 32.1. The highest BCUT2D eigenvalue weighted by Gasteiger charge is 2.45. The van der Waals surface area contributed by atoms with Crippen LogP contribution in [0, 0.1) is 0 Å². The molecule has 3 fully saturated rings. The van der Waals surface area contributed by atoms with Gasteiger partial charge in [0.1, 0.15) is 0 Å². The number of urea groups is 1. The van der Waals surface area contributed by atoms with Crippen molar-refractivity contribution < 1.29 is 9.53 Å². The predicted molar refractivity (Wildman–Crippen MR) is 81.6 cm³/mol. The van der Waals surface area contributed by atoms with Gasteiger partial charge in [-0.05, 0) is 25.7 Å². The molecule has 3 aliphatic heterocycles. The Bertz CT molecular complexity index is 526. The SMILES string of the molecule is O=C(N1CCCC1)N1CCC[C@@]2(C[C@@H](n3ccnc3)CO2)C1. The molecule has 0 unspecified atom stereocenters. The number of ether oxygens (including phenoxy) is 1. The minimum Gasteiger partial charge on any atom is -0.371 e. The van der Waals surface area contributed by atoms with Crippen LogP contribution in [0.1, 0.15) is 38.1 Å². The van der Waals surface area contributed by atoms with Gasteiger partial charge in [0, 0.05) is 38.4 Å². The molecule has 3 saturated heterocycles. The van der Waals surface area contributed by atoms with E-state index in [1.54, 1.807) is 0 Å². The first-order chi connectivity index (χ1) is 10.8. The van der Waals surface area contributed by atoms with Gasteiger partial charge in [-0.3, -0.25) is 0 Å². The summed E-state index contributed by atoms with van der Waals surface area (Å²) < 4.78 is 8.33. The van der Waals surface area contributed by atoms with E-state index in [4.69, 9.17) is 4.74 Å². The summed E-state index contributed by atoms with van der Waals surface area (Å²) in [5.74, 6) is 0. The van der Waals surface area contributed by atoms with Gasteiger partial charge in [-0.25, -0.2) is 9.78 Å². The minimum atomic E-state index is -0.150. The molecule has 3 aliphatic rings. The maximum Gasteiger partial charge on any atom is 0.320 e. The van der Waals surface area contributed by atoms with E-state index in [0.29, 0.717) is 6.04 Å². The van der Waals surface area contributed by atoms with Gasteiger partial charge in [-0.2, -0.15) is 0 Å². The van der Waals surface area contributed by atoms with E-state index >= 15 is 0 Å². The molecule has 1 spiro atoms. The van der Waals surface area contributed by atoms with Crippen LogP contribution in [0.15, 0.2) is 18.7 Å². The lowest BCUT2D eigenvalue weighted by Gasteiger charge is -2.41. The molecule has 6 nitrogen and oxygen atoms in total. The van der Waals surface area contributed by atoms with Crippen LogP contribution in [-0.2, 0) is 4.74 Å². The van der Waals surface area contributed by atoms with Crippen LogP contribution in [0.4, 0.5) is 4.79 Å². The van der Waals surface area contributed by atoms with Crippen molar-refractivity contribution in [2.75, 3.05) is 32.8 Å². The van der Waals surface area contributed by atoms with Crippen LogP contribution in [0.2, 0.25) is 0 Å². The second-order valence-electron chi connectivity index (χ2n) is 6.86. The van der Waals surface area contributed by atoms with Crippen molar-refractivity contribution in [1.82, 2.24) is 19.4 Å². The average Bonchev–Trinajstić information content (AvgIpc) is 3.28. The van der Waals surface area contributed by atoms with Crippen LogP contribution in [0.3, 0.4) is 0 Å². The summed E-state index contributed by atoms with van der Waals surface area (Å²) in [5.41, 5.74) is -0.150. The van der Waals surface area contributed by atoms with E-state index in [0.717, 1.165) is 64.9 Å². The number of nitrogens with zero attached hydrogens (tertiary/aromatic N) is 4. The Labute approximate surface area is 131 Å². The lowest BCUT2D eigenvalue weighted by atomic mass is 9.89. The van der Waals surface area contributed by atoms with Gasteiger partial charge in [0.05, 0.1) is 31.1 Å². The van der Waals surface area contributed by atoms with E-state index in [1.807, 2.05) is 28.5 Å². The number of hydrogen-bond acceptors (Lipinski definition) is 3. The highest BCUT2D eigenvalue weighted by atomic mass is 16.5. The largest absolute Gasteiger partial charge is 0.371 e. The lowest BCUT2D eigenvalue weighted by Crippen LogP contribution is -2.53. The number of rotatable bonds is 1. The van der Waals surface area contributed by atoms with Crippen molar-refractivity contribution in [3.05, 3.63) is 18.7 Å². The maximum absolute atomic E-state index is 12.6. The fourth-order valence-corrected chi connectivity index (χ4v) is 4.15. The number of carbonyl (C=O) groups excluding carboxylic acids is 1. The first-order valence-corrected chi connectivity index (χ1v) is 8.41. The molecule has 1 aromatic rings. The standard InChI is InChI=1S/C16H24N4O2/c21-15(18-6-1-2-7-18)19-8-3-4-16(12-19)10-14(11-22-16)20-9-5-17-13-20/h5,9,13-14H,1-4,6-8,10-12H2/t14-,16-/m1/s1. The quantitative estimate of drug-likeness (QED) is 0.796. The second-order valence-corrected chi connectivity index (χ2v) is 6.86. The smallest absolute Gasteiger partial charge is 0.320 e. The summed E-state index contributed by atoms with van der Waals surface area (Å²) in [6.07, 6.45) is 11.0. The molecular weight excluding hydrogens is 280 g/mol. The number of piperidine rings is 1. The number of likely N-dealkylation sites (tertiary alicyclic amines) is 2. The summed E-state index contributed by atoms with van der Waals surface area (Å²) in [6, 6.07) is 0.565. The molecule has 0 saturated carbocycles. The van der Waals surface area contributed by atoms with Crippen molar-refractivity contribution in [3.63, 3.8) is 0 Å². The van der Waals surface area contributed by atoms with Gasteiger partial charge in [-0.15, -0.1) is 0 Å². The molecule has 120 valence electrons. The average molecular weight is 304 g/mol. The third kappa shape index (κ3) is 2.49. The Balaban J connectivity index is 1.43. The predicted octanol–water partition coefficient (Wildman–Crippen LogP) is 1.89. The lowest BCUT2D eigenvalue weighted by molar-refractivity contribution is -0.0437. The van der Waals surface area contributed by atoms with Gasteiger partial charge >= 0.3 is 6.03 Å². The fourth-order valence-electron chi connectivity index (χ4n) is 4.15. The van der Waals surface area contributed by atoms with Crippen LogP contribution in [0.25, 0.3) is 0 Å². The summed E-state index contributed by atoms with van der Waals surface area (Å²) in [4.78, 5) is 20.8. The first-order valence-electron chi connectivity index (χ1n) is 8.41. The molecule has 0 aromatic carbocycles. The zero-order chi connectivity index (χ0) is 15.0. The molecule has 2 atom stereocenters. The maximum atomic E-state index is 12.6. The highest BCUT2D eigenvalue weighted by Crippen LogP contribution is 2.39. The number of hydrogen-bond donors (Lipinski definition) is 0. The Morgan fingerprint density at radius 2 is 2.00 bits per heavy atom. The number of aromatic nitrogens is 2. The Morgan fingerprint density at radius 3 is 2.77 bits per heavy atom. The number of imidazole rings is 1. The highest BCUT2D eigenvalue weighted by molar-refractivity contribution is 5.75. The van der Waals surface area contributed by atoms with E-state index in [-0.39, 0.29) is 11.6 Å². The van der Waals surface area contributed by atoms with Crippen molar-refractivity contribution >= 4 is 6.03 Å². The molecule has 4 heterocycles. The topological polar surface area (TPSA) is 50.6 Å². The van der Waals surface area contributed by atoms with Gasteiger partial charge < -0.3 is 19.1 Å². The second kappa shape index (κ2) is 5.57. The van der Waals surface area contributed by atoms with E-state index in [2.05, 4.69) is 9.55 Å². The Hall–Kier alpha value is -1.56. The molecule has 2 amide bonds. The van der Waals surface area contributed by atoms with Crippen molar-refractivity contribution in [2.24, 2.45) is 0 Å². The van der Waals surface area contributed by atoms with Crippen LogP contribution in [0.5, 0.6) is 0 Å². The van der Waals surface area contributed by atoms with Crippen molar-refractivity contribution in [3.8, 4) is 0 Å². The van der Waals surface area contributed by atoms with E-state index in [1.165, 1.54) is 0 Å². The zero-order valence-electron chi connectivity index (χ0n) is 13.0. The molecule has 22 heavy (non-hydrogen) atoms. The van der Waals surface area contributed by atoms with Gasteiger partial charge in [0.25, 0.3) is 0 Å². The fraction of sp³-hybridized carbons (Fsp3) is 0.750. The molecular formula is C16H24N4O2. The molecule has 0 N–H and O–H groups in total. The number of carbonyl (C=O) groups is 1. The molecule has 0 bridgehead atoms. The minimum absolute atomic E-state index is 0.150. The molecule has 0 radical (unpaired) electrons. The van der Waals surface area contributed by atoms with Crippen molar-refractivity contribution in [1.29, 1.82) is 0 Å². The molecule has 0 aliphatic carbocycles. The van der Waals surface area contributed by atoms with Crippen molar-refractivity contribution in [2.45, 2.75) is 43.7 Å². The van der Waals surface area contributed by atoms with E-state index < -0.39 is 0 Å². The third-order valence-corrected chi connectivity index (χ3v) is 5.32. The van der Waals surface area contributed by atoms with Gasteiger partial charge in [0.2, 0.25) is 0 Å². The summed E-state index contributed by atoms with van der Waals surface area (Å²) in [6.45, 7) is 4.17. The van der Waals surface area contributed by atoms with Crippen LogP contribution < -0.4 is 0 Å². The Morgan fingerprint density at radius 1 is 1.18 bits per heavy atom. The number of amides is 2. The van der Waals surface area contributed by atoms with E-state index in [9.17, 15) is 4.79 Å². The molecule has 1 aromatic heterocycles. The molecule has 6 heteroatoms. The summed E-state index contributed by atoms with van der Waals surface area (Å²) >= 11 is 0. The third-order valence-electron chi connectivity index (χ3n) is 5.32. The zero-order valence-corrected chi connectivity index (χ0v) is 13.0. The monoisotopic (exact) mass is 304 g/mol. The van der Waals surface area contributed by atoms with Crippen LogP contribution >= 0.6 is 0 Å². The van der Waals surface area contributed by atoms with Crippen LogP contribution in [-0.4, -0.2) is 63.8 Å². The van der Waals surface area contributed by atoms with Gasteiger partial charge in [-0.1, -0.05) is 0 Å². The Kier molecular flexibility index (Phi) is 3.56.